The first kappa shape index (κ1) is 36.4. The van der Waals surface area contributed by atoms with Crippen LogP contribution >= 0.6 is 0 Å². The van der Waals surface area contributed by atoms with Gasteiger partial charge in [-0.2, -0.15) is 8.42 Å². The van der Waals surface area contributed by atoms with Crippen molar-refractivity contribution >= 4 is 33.0 Å². The fraction of sp³-hybridized carbons (Fsp3) is 0.459. The summed E-state index contributed by atoms with van der Waals surface area (Å²) in [6.07, 6.45) is 3.12. The molecular formula is C37H46FN5O7S. The van der Waals surface area contributed by atoms with E-state index in [1.54, 1.807) is 29.2 Å². The normalized spacial score (nSPS) is 20.2. The number of halogens is 1. The number of imidazole rings is 1. The Kier molecular flexibility index (Phi) is 11.0. The number of nitrogens with one attached hydrogen (secondary N) is 2. The maximum atomic E-state index is 14.7. The molecule has 3 aromatic carbocycles. The minimum atomic E-state index is -3.93. The van der Waals surface area contributed by atoms with Crippen LogP contribution in [0.5, 0.6) is 17.2 Å². The summed E-state index contributed by atoms with van der Waals surface area (Å²) in [6.45, 7) is 2.69. The van der Waals surface area contributed by atoms with Crippen LogP contribution in [0.1, 0.15) is 36.8 Å². The van der Waals surface area contributed by atoms with E-state index in [0.29, 0.717) is 35.7 Å². The number of benzene rings is 3. The Morgan fingerprint density at radius 2 is 1.67 bits per heavy atom. The molecule has 0 bridgehead atoms. The van der Waals surface area contributed by atoms with Crippen LogP contribution in [0.25, 0.3) is 11.0 Å². The van der Waals surface area contributed by atoms with Crippen LogP contribution in [-0.4, -0.2) is 100 Å². The molecule has 2 atom stereocenters. The number of H-pyrrole nitrogens is 1. The average molecular weight is 724 g/mol. The number of likely N-dealkylation sites (tertiary alicyclic amines) is 2. The number of piperidine rings is 1. The second-order valence-corrected chi connectivity index (χ2v) is 15.0. The van der Waals surface area contributed by atoms with Gasteiger partial charge in [0, 0.05) is 32.2 Å². The van der Waals surface area contributed by atoms with Gasteiger partial charge >= 0.3 is 0 Å². The van der Waals surface area contributed by atoms with Crippen molar-refractivity contribution in [1.29, 1.82) is 0 Å². The summed E-state index contributed by atoms with van der Waals surface area (Å²) in [5.41, 5.74) is 2.15. The molecule has 51 heavy (non-hydrogen) atoms. The number of anilines is 1. The van der Waals surface area contributed by atoms with Crippen molar-refractivity contribution < 1.29 is 36.0 Å². The van der Waals surface area contributed by atoms with Crippen molar-refractivity contribution in [3.63, 3.8) is 0 Å². The number of carbonyl (C=O) groups is 1. The number of ether oxygens (including phenoxy) is 3. The van der Waals surface area contributed by atoms with E-state index in [0.717, 1.165) is 61.3 Å². The Hall–Kier alpha value is -4.40. The molecular weight excluding hydrogens is 678 g/mol. The number of methoxy groups -OCH3 is 3. The molecule has 6 rings (SSSR count). The number of aromatic nitrogens is 2. The van der Waals surface area contributed by atoms with Gasteiger partial charge in [0.25, 0.3) is 10.1 Å². The summed E-state index contributed by atoms with van der Waals surface area (Å²) in [7, 11) is 0.621. The van der Waals surface area contributed by atoms with Crippen LogP contribution in [0.2, 0.25) is 0 Å². The van der Waals surface area contributed by atoms with E-state index in [1.165, 1.54) is 33.5 Å². The summed E-state index contributed by atoms with van der Waals surface area (Å²) >= 11 is 0. The van der Waals surface area contributed by atoms with Gasteiger partial charge in [0.05, 0.1) is 44.0 Å². The second kappa shape index (κ2) is 15.5. The number of amides is 1. The van der Waals surface area contributed by atoms with Crippen molar-refractivity contribution in [3.05, 3.63) is 77.6 Å². The molecule has 2 saturated heterocycles. The largest absolute Gasteiger partial charge is 0.493 e. The van der Waals surface area contributed by atoms with Crippen molar-refractivity contribution in [1.82, 2.24) is 19.8 Å². The number of para-hydroxylation sites is 2. The first-order valence-electron chi connectivity index (χ1n) is 17.1. The summed E-state index contributed by atoms with van der Waals surface area (Å²) in [6, 6.07) is 17.7. The molecule has 0 aliphatic carbocycles. The number of fused-ring (bicyclic) bond motifs is 1. The molecule has 2 aliphatic rings. The third kappa shape index (κ3) is 8.40. The van der Waals surface area contributed by atoms with Gasteiger partial charge in [0.1, 0.15) is 11.9 Å². The topological polar surface area (TPSA) is 135 Å². The van der Waals surface area contributed by atoms with Crippen LogP contribution in [-0.2, 0) is 32.1 Å². The van der Waals surface area contributed by atoms with E-state index in [-0.39, 0.29) is 31.5 Å². The van der Waals surface area contributed by atoms with Crippen LogP contribution in [0.4, 0.5) is 10.3 Å². The summed E-state index contributed by atoms with van der Waals surface area (Å²) < 4.78 is 61.5. The predicted molar refractivity (Wildman–Crippen MR) is 192 cm³/mol. The van der Waals surface area contributed by atoms with Gasteiger partial charge in [-0.3, -0.25) is 8.98 Å². The van der Waals surface area contributed by atoms with E-state index >= 15 is 0 Å². The Morgan fingerprint density at radius 3 is 2.29 bits per heavy atom. The zero-order chi connectivity index (χ0) is 36.2. The summed E-state index contributed by atoms with van der Waals surface area (Å²) in [5.74, 6) is 1.47. The monoisotopic (exact) mass is 723 g/mol. The summed E-state index contributed by atoms with van der Waals surface area (Å²) in [4.78, 5) is 26.7. The third-order valence-electron chi connectivity index (χ3n) is 9.95. The fourth-order valence-corrected chi connectivity index (χ4v) is 8.14. The van der Waals surface area contributed by atoms with Gasteiger partial charge in [-0.15, -0.1) is 0 Å². The molecule has 12 nitrogen and oxygen atoms in total. The number of aromatic amines is 1. The van der Waals surface area contributed by atoms with Gasteiger partial charge in [-0.25, -0.2) is 9.37 Å². The fourth-order valence-electron chi connectivity index (χ4n) is 7.47. The van der Waals surface area contributed by atoms with Gasteiger partial charge in [0.15, 0.2) is 11.5 Å². The first-order chi connectivity index (χ1) is 24.5. The molecule has 1 amide bonds. The molecule has 274 valence electrons. The number of hydrogen-bond donors (Lipinski definition) is 2. The molecule has 14 heteroatoms. The Balaban J connectivity index is 1.19. The van der Waals surface area contributed by atoms with E-state index in [4.69, 9.17) is 18.4 Å². The number of hydrogen-bond acceptors (Lipinski definition) is 10. The molecule has 2 aliphatic heterocycles. The standard InChI is InChI=1S/C37H46FN5O7S/c1-47-31-20-26(21-32(48-2)34(31)49-3)23-43-24-33(50-51(4,45)46)37(35(43)44,22-25-10-12-27(38)13-11-25)16-7-17-42-18-14-28(15-19-42)39-36-40-29-8-5-6-9-30(29)41-36/h5-6,8-13,20-21,28,33H,7,14-19,22-24H2,1-4H3,(H2,39,40,41). The Morgan fingerprint density at radius 1 is 0.980 bits per heavy atom. The highest BCUT2D eigenvalue weighted by Gasteiger charge is 2.55. The smallest absolute Gasteiger partial charge is 0.264 e. The molecule has 2 N–H and O–H groups in total. The second-order valence-electron chi connectivity index (χ2n) is 13.4. The van der Waals surface area contributed by atoms with Crippen molar-refractivity contribution in [2.45, 2.75) is 50.8 Å². The number of rotatable bonds is 15. The van der Waals surface area contributed by atoms with Crippen LogP contribution in [0.3, 0.4) is 0 Å². The van der Waals surface area contributed by atoms with Gasteiger partial charge in [0.2, 0.25) is 17.6 Å². The zero-order valence-electron chi connectivity index (χ0n) is 29.5. The molecule has 0 saturated carbocycles. The summed E-state index contributed by atoms with van der Waals surface area (Å²) in [5, 5.41) is 3.54. The lowest BCUT2D eigenvalue weighted by atomic mass is 9.74. The third-order valence-corrected chi connectivity index (χ3v) is 10.5. The molecule has 3 heterocycles. The van der Waals surface area contributed by atoms with Crippen LogP contribution in [0.15, 0.2) is 60.7 Å². The quantitative estimate of drug-likeness (QED) is 0.161. The average Bonchev–Trinajstić information content (AvgIpc) is 3.62. The molecule has 4 aromatic rings. The first-order valence-corrected chi connectivity index (χ1v) is 19.0. The van der Waals surface area contributed by atoms with Crippen LogP contribution < -0.4 is 19.5 Å². The lowest BCUT2D eigenvalue weighted by Gasteiger charge is -2.35. The van der Waals surface area contributed by atoms with Crippen molar-refractivity contribution in [3.8, 4) is 17.2 Å². The van der Waals surface area contributed by atoms with Crippen molar-refractivity contribution in [2.24, 2.45) is 5.41 Å². The van der Waals surface area contributed by atoms with Crippen molar-refractivity contribution in [2.75, 3.05) is 59.1 Å². The Bertz CT molecular complexity index is 1870. The van der Waals surface area contributed by atoms with E-state index in [1.807, 2.05) is 24.3 Å². The van der Waals surface area contributed by atoms with E-state index in [2.05, 4.69) is 20.2 Å². The number of nitrogens with zero attached hydrogens (tertiary/aromatic N) is 3. The van der Waals surface area contributed by atoms with Gasteiger partial charge in [-0.05, 0) is 86.2 Å². The Labute approximate surface area is 298 Å². The lowest BCUT2D eigenvalue weighted by molar-refractivity contribution is -0.138. The van der Waals surface area contributed by atoms with Gasteiger partial charge < -0.3 is 34.3 Å². The predicted octanol–water partition coefficient (Wildman–Crippen LogP) is 5.00. The molecule has 2 unspecified atom stereocenters. The highest BCUT2D eigenvalue weighted by atomic mass is 32.2. The SMILES string of the molecule is COc1cc(CN2CC(OS(C)(=O)=O)C(CCCN3CCC(Nc4nc5ccccc5[nH]4)CC3)(Cc3ccc(F)cc3)C2=O)cc(OC)c1OC. The van der Waals surface area contributed by atoms with Crippen LogP contribution in [0, 0.1) is 11.2 Å². The zero-order valence-corrected chi connectivity index (χ0v) is 30.3. The van der Waals surface area contributed by atoms with Gasteiger partial charge in [-0.1, -0.05) is 24.3 Å². The van der Waals surface area contributed by atoms with E-state index < -0.39 is 27.5 Å². The number of carbonyl (C=O) groups excluding carboxylic acids is 1. The lowest BCUT2D eigenvalue weighted by Crippen LogP contribution is -2.44. The minimum absolute atomic E-state index is 0.0581. The molecule has 0 radical (unpaired) electrons. The molecule has 0 spiro atoms. The highest BCUT2D eigenvalue weighted by Crippen LogP contribution is 2.44. The maximum absolute atomic E-state index is 14.7. The molecule has 1 aromatic heterocycles. The van der Waals surface area contributed by atoms with E-state index in [9.17, 15) is 17.6 Å². The highest BCUT2D eigenvalue weighted by molar-refractivity contribution is 7.86. The molecule has 2 fully saturated rings. The maximum Gasteiger partial charge on any atom is 0.264 e. The minimum Gasteiger partial charge on any atom is -0.493 e.